The van der Waals surface area contributed by atoms with Crippen LogP contribution >= 0.6 is 0 Å². The van der Waals surface area contributed by atoms with Crippen LogP contribution < -0.4 is 10.6 Å². The van der Waals surface area contributed by atoms with E-state index in [0.29, 0.717) is 12.3 Å². The van der Waals surface area contributed by atoms with E-state index in [1.54, 1.807) is 0 Å². The van der Waals surface area contributed by atoms with Gasteiger partial charge in [0.15, 0.2) is 0 Å². The standard InChI is InChI=1S/C10H20N2O2/c1-11-5-3-10(13)12-6-2-9-4-7-14-8-9/h9,11H,2-8H2,1H3,(H,12,13). The molecule has 0 aromatic rings. The molecule has 0 aliphatic carbocycles. The van der Waals surface area contributed by atoms with Crippen molar-refractivity contribution in [2.45, 2.75) is 19.3 Å². The molecule has 0 aromatic carbocycles. The molecular formula is C10H20N2O2. The van der Waals surface area contributed by atoms with Gasteiger partial charge in [-0.3, -0.25) is 4.79 Å². The SMILES string of the molecule is CNCCC(=O)NCCC1CCOC1. The van der Waals surface area contributed by atoms with Crippen LogP contribution in [0.25, 0.3) is 0 Å². The van der Waals surface area contributed by atoms with Crippen molar-refractivity contribution in [3.05, 3.63) is 0 Å². The average molecular weight is 200 g/mol. The zero-order chi connectivity index (χ0) is 10.2. The van der Waals surface area contributed by atoms with Crippen molar-refractivity contribution in [2.75, 3.05) is 33.4 Å². The third-order valence-electron chi connectivity index (χ3n) is 2.50. The van der Waals surface area contributed by atoms with Crippen molar-refractivity contribution in [2.24, 2.45) is 5.92 Å². The highest BCUT2D eigenvalue weighted by atomic mass is 16.5. The van der Waals surface area contributed by atoms with Crippen LogP contribution in [0.15, 0.2) is 0 Å². The van der Waals surface area contributed by atoms with E-state index in [0.717, 1.165) is 39.1 Å². The normalized spacial score (nSPS) is 21.1. The molecule has 0 aromatic heterocycles. The van der Waals surface area contributed by atoms with Crippen LogP contribution in [-0.2, 0) is 9.53 Å². The Bertz CT molecular complexity index is 168. The Morgan fingerprint density at radius 3 is 3.00 bits per heavy atom. The predicted octanol–water partition coefficient (Wildman–Crippen LogP) is 0.139. The number of carbonyl (C=O) groups excluding carboxylic acids is 1. The Hall–Kier alpha value is -0.610. The zero-order valence-corrected chi connectivity index (χ0v) is 8.84. The molecule has 0 spiro atoms. The van der Waals surface area contributed by atoms with Crippen molar-refractivity contribution < 1.29 is 9.53 Å². The first kappa shape index (κ1) is 11.5. The Labute approximate surface area is 85.4 Å². The maximum absolute atomic E-state index is 11.2. The highest BCUT2D eigenvalue weighted by Crippen LogP contribution is 2.14. The molecule has 4 nitrogen and oxygen atoms in total. The first-order valence-corrected chi connectivity index (χ1v) is 5.32. The van der Waals surface area contributed by atoms with Crippen LogP contribution in [0.4, 0.5) is 0 Å². The van der Waals surface area contributed by atoms with Gasteiger partial charge in [-0.2, -0.15) is 0 Å². The van der Waals surface area contributed by atoms with Crippen LogP contribution in [0.5, 0.6) is 0 Å². The van der Waals surface area contributed by atoms with E-state index in [1.807, 2.05) is 7.05 Å². The lowest BCUT2D eigenvalue weighted by Crippen LogP contribution is -2.28. The second-order valence-corrected chi connectivity index (χ2v) is 3.72. The van der Waals surface area contributed by atoms with Crippen molar-refractivity contribution in [3.63, 3.8) is 0 Å². The fourth-order valence-corrected chi connectivity index (χ4v) is 1.55. The second-order valence-electron chi connectivity index (χ2n) is 3.72. The van der Waals surface area contributed by atoms with Gasteiger partial charge in [-0.25, -0.2) is 0 Å². The molecule has 14 heavy (non-hydrogen) atoms. The van der Waals surface area contributed by atoms with E-state index in [2.05, 4.69) is 10.6 Å². The van der Waals surface area contributed by atoms with Crippen LogP contribution in [0.1, 0.15) is 19.3 Å². The van der Waals surface area contributed by atoms with Gasteiger partial charge in [0.1, 0.15) is 0 Å². The quantitative estimate of drug-likeness (QED) is 0.641. The van der Waals surface area contributed by atoms with Gasteiger partial charge in [0.25, 0.3) is 0 Å². The number of hydrogen-bond donors (Lipinski definition) is 2. The van der Waals surface area contributed by atoms with Gasteiger partial charge in [-0.15, -0.1) is 0 Å². The molecule has 2 N–H and O–H groups in total. The van der Waals surface area contributed by atoms with Gasteiger partial charge in [-0.1, -0.05) is 0 Å². The molecule has 1 heterocycles. The van der Waals surface area contributed by atoms with Crippen molar-refractivity contribution in [3.8, 4) is 0 Å². The molecule has 1 aliphatic rings. The van der Waals surface area contributed by atoms with E-state index in [9.17, 15) is 4.79 Å². The summed E-state index contributed by atoms with van der Waals surface area (Å²) in [5, 5.41) is 5.86. The molecule has 1 aliphatic heterocycles. The average Bonchev–Trinajstić information content (AvgIpc) is 2.67. The highest BCUT2D eigenvalue weighted by molar-refractivity contribution is 5.75. The summed E-state index contributed by atoms with van der Waals surface area (Å²) in [4.78, 5) is 11.2. The minimum atomic E-state index is 0.137. The minimum absolute atomic E-state index is 0.137. The maximum atomic E-state index is 11.2. The zero-order valence-electron chi connectivity index (χ0n) is 8.84. The van der Waals surface area contributed by atoms with Gasteiger partial charge < -0.3 is 15.4 Å². The van der Waals surface area contributed by atoms with E-state index in [1.165, 1.54) is 0 Å². The smallest absolute Gasteiger partial charge is 0.221 e. The summed E-state index contributed by atoms with van der Waals surface area (Å²) >= 11 is 0. The topological polar surface area (TPSA) is 50.4 Å². The fourth-order valence-electron chi connectivity index (χ4n) is 1.55. The van der Waals surface area contributed by atoms with Gasteiger partial charge >= 0.3 is 0 Å². The van der Waals surface area contributed by atoms with Gasteiger partial charge in [0, 0.05) is 32.7 Å². The lowest BCUT2D eigenvalue weighted by Gasteiger charge is -2.08. The molecule has 1 unspecified atom stereocenters. The third kappa shape index (κ3) is 4.58. The van der Waals surface area contributed by atoms with E-state index in [4.69, 9.17) is 4.74 Å². The van der Waals surface area contributed by atoms with Crippen molar-refractivity contribution >= 4 is 5.91 Å². The Balaban J connectivity index is 1.94. The van der Waals surface area contributed by atoms with E-state index < -0.39 is 0 Å². The summed E-state index contributed by atoms with van der Waals surface area (Å²) in [6, 6.07) is 0. The first-order chi connectivity index (χ1) is 6.83. The van der Waals surface area contributed by atoms with Crippen LogP contribution in [0.3, 0.4) is 0 Å². The third-order valence-corrected chi connectivity index (χ3v) is 2.50. The van der Waals surface area contributed by atoms with Crippen LogP contribution in [0.2, 0.25) is 0 Å². The molecule has 4 heteroatoms. The summed E-state index contributed by atoms with van der Waals surface area (Å²) < 4.78 is 5.26. The summed E-state index contributed by atoms with van der Waals surface area (Å²) in [6.07, 6.45) is 2.76. The maximum Gasteiger partial charge on any atom is 0.221 e. The molecule has 1 amide bonds. The molecule has 1 saturated heterocycles. The predicted molar refractivity (Wildman–Crippen MR) is 55.1 cm³/mol. The molecule has 1 atom stereocenters. The van der Waals surface area contributed by atoms with E-state index >= 15 is 0 Å². The number of amides is 1. The first-order valence-electron chi connectivity index (χ1n) is 5.32. The number of ether oxygens (including phenoxy) is 1. The van der Waals surface area contributed by atoms with Gasteiger partial charge in [0.2, 0.25) is 5.91 Å². The lowest BCUT2D eigenvalue weighted by molar-refractivity contribution is -0.121. The van der Waals surface area contributed by atoms with Crippen molar-refractivity contribution in [1.82, 2.24) is 10.6 Å². The van der Waals surface area contributed by atoms with Gasteiger partial charge in [0.05, 0.1) is 0 Å². The summed E-state index contributed by atoms with van der Waals surface area (Å²) in [5.74, 6) is 0.790. The van der Waals surface area contributed by atoms with Crippen LogP contribution in [0, 0.1) is 5.92 Å². The number of rotatable bonds is 6. The largest absolute Gasteiger partial charge is 0.381 e. The lowest BCUT2D eigenvalue weighted by atomic mass is 10.1. The Kier molecular flexibility index (Phi) is 5.56. The summed E-state index contributed by atoms with van der Waals surface area (Å²) in [5.41, 5.74) is 0. The number of carbonyl (C=O) groups is 1. The number of nitrogens with one attached hydrogen (secondary N) is 2. The highest BCUT2D eigenvalue weighted by Gasteiger charge is 2.14. The molecule has 1 fully saturated rings. The molecule has 0 bridgehead atoms. The Morgan fingerprint density at radius 2 is 2.36 bits per heavy atom. The monoisotopic (exact) mass is 200 g/mol. The summed E-state index contributed by atoms with van der Waals surface area (Å²) in [6.45, 7) is 3.29. The molecule has 0 radical (unpaired) electrons. The van der Waals surface area contributed by atoms with Gasteiger partial charge in [-0.05, 0) is 25.8 Å². The number of hydrogen-bond acceptors (Lipinski definition) is 3. The summed E-state index contributed by atoms with van der Waals surface area (Å²) in [7, 11) is 1.85. The molecule has 1 rings (SSSR count). The van der Waals surface area contributed by atoms with Crippen LogP contribution in [-0.4, -0.2) is 39.3 Å². The van der Waals surface area contributed by atoms with E-state index in [-0.39, 0.29) is 5.91 Å². The van der Waals surface area contributed by atoms with Crippen molar-refractivity contribution in [1.29, 1.82) is 0 Å². The Morgan fingerprint density at radius 1 is 1.50 bits per heavy atom. The second kappa shape index (κ2) is 6.79. The molecule has 82 valence electrons. The molecular weight excluding hydrogens is 180 g/mol. The molecule has 0 saturated carbocycles. The fraction of sp³-hybridized carbons (Fsp3) is 0.900. The minimum Gasteiger partial charge on any atom is -0.381 e.